The molecule has 1 aliphatic rings. The third-order valence-electron chi connectivity index (χ3n) is 4.79. The molecule has 0 amide bonds. The van der Waals surface area contributed by atoms with Crippen LogP contribution in [0, 0.1) is 30.4 Å². The molecule has 118 valence electrons. The van der Waals surface area contributed by atoms with Crippen LogP contribution in [0.4, 0.5) is 8.78 Å². The van der Waals surface area contributed by atoms with Crippen molar-refractivity contribution in [1.82, 2.24) is 5.32 Å². The molecule has 1 aliphatic carbocycles. The van der Waals surface area contributed by atoms with Crippen molar-refractivity contribution in [3.63, 3.8) is 0 Å². The number of nitrogens with one attached hydrogen (secondary N) is 1. The minimum Gasteiger partial charge on any atom is -0.310 e. The summed E-state index contributed by atoms with van der Waals surface area (Å²) < 4.78 is 28.3. The van der Waals surface area contributed by atoms with Crippen LogP contribution in [0.3, 0.4) is 0 Å². The van der Waals surface area contributed by atoms with Crippen LogP contribution < -0.4 is 5.32 Å². The van der Waals surface area contributed by atoms with E-state index in [1.165, 1.54) is 12.8 Å². The van der Waals surface area contributed by atoms with Crippen LogP contribution in [0.15, 0.2) is 12.1 Å². The molecule has 0 aromatic heterocycles. The maximum atomic E-state index is 14.4. The minimum absolute atomic E-state index is 0.0625. The molecule has 3 heteroatoms. The zero-order valence-corrected chi connectivity index (χ0v) is 13.4. The first-order valence-corrected chi connectivity index (χ1v) is 8.22. The van der Waals surface area contributed by atoms with Crippen molar-refractivity contribution in [3.05, 3.63) is 34.9 Å². The SMILES string of the molecule is CCCNC(c1ccc(C)c(F)c1F)C1CCC(C)CC1. The molecule has 0 bridgehead atoms. The average Bonchev–Trinajstić information content (AvgIpc) is 2.48. The lowest BCUT2D eigenvalue weighted by atomic mass is 9.77. The third-order valence-corrected chi connectivity index (χ3v) is 4.79. The maximum absolute atomic E-state index is 14.4. The molecule has 1 saturated carbocycles. The Balaban J connectivity index is 2.25. The van der Waals surface area contributed by atoms with Crippen LogP contribution in [-0.4, -0.2) is 6.54 Å². The van der Waals surface area contributed by atoms with E-state index in [1.54, 1.807) is 19.1 Å². The molecule has 1 N–H and O–H groups in total. The number of hydrogen-bond acceptors (Lipinski definition) is 1. The van der Waals surface area contributed by atoms with Gasteiger partial charge in [0.2, 0.25) is 0 Å². The molecule has 21 heavy (non-hydrogen) atoms. The molecule has 1 atom stereocenters. The van der Waals surface area contributed by atoms with Gasteiger partial charge in [0.05, 0.1) is 0 Å². The Kier molecular flexibility index (Phi) is 5.74. The molecule has 1 aromatic rings. The topological polar surface area (TPSA) is 12.0 Å². The summed E-state index contributed by atoms with van der Waals surface area (Å²) in [5.41, 5.74) is 0.883. The zero-order chi connectivity index (χ0) is 15.4. The molecular formula is C18H27F2N. The second kappa shape index (κ2) is 7.35. The van der Waals surface area contributed by atoms with E-state index in [0.29, 0.717) is 17.0 Å². The number of aryl methyl sites for hydroxylation is 1. The Bertz CT molecular complexity index is 465. The fraction of sp³-hybridized carbons (Fsp3) is 0.667. The van der Waals surface area contributed by atoms with E-state index in [-0.39, 0.29) is 6.04 Å². The van der Waals surface area contributed by atoms with Crippen LogP contribution >= 0.6 is 0 Å². The zero-order valence-electron chi connectivity index (χ0n) is 13.4. The lowest BCUT2D eigenvalue weighted by Crippen LogP contribution is -2.32. The van der Waals surface area contributed by atoms with E-state index >= 15 is 0 Å². The Morgan fingerprint density at radius 1 is 1.14 bits per heavy atom. The van der Waals surface area contributed by atoms with Crippen LogP contribution in [-0.2, 0) is 0 Å². The summed E-state index contributed by atoms with van der Waals surface area (Å²) in [5.74, 6) is -0.195. The van der Waals surface area contributed by atoms with Gasteiger partial charge in [0.25, 0.3) is 0 Å². The average molecular weight is 295 g/mol. The standard InChI is InChI=1S/C18H27F2N/c1-4-11-21-18(14-8-5-12(2)6-9-14)15-10-7-13(3)16(19)17(15)20/h7,10,12,14,18,21H,4-6,8-9,11H2,1-3H3. The van der Waals surface area contributed by atoms with Crippen LogP contribution in [0.5, 0.6) is 0 Å². The highest BCUT2D eigenvalue weighted by atomic mass is 19.2. The predicted molar refractivity (Wildman–Crippen MR) is 83.3 cm³/mol. The molecular weight excluding hydrogens is 268 g/mol. The molecule has 0 radical (unpaired) electrons. The van der Waals surface area contributed by atoms with Crippen LogP contribution in [0.1, 0.15) is 63.1 Å². The molecule has 1 fully saturated rings. The van der Waals surface area contributed by atoms with Gasteiger partial charge in [0, 0.05) is 11.6 Å². The van der Waals surface area contributed by atoms with Gasteiger partial charge >= 0.3 is 0 Å². The summed E-state index contributed by atoms with van der Waals surface area (Å²) in [7, 11) is 0. The Morgan fingerprint density at radius 2 is 1.81 bits per heavy atom. The highest BCUT2D eigenvalue weighted by Crippen LogP contribution is 2.38. The van der Waals surface area contributed by atoms with E-state index < -0.39 is 11.6 Å². The van der Waals surface area contributed by atoms with Crippen molar-refractivity contribution in [2.75, 3.05) is 6.54 Å². The monoisotopic (exact) mass is 295 g/mol. The normalized spacial score (nSPS) is 24.0. The summed E-state index contributed by atoms with van der Waals surface area (Å²) in [6.07, 6.45) is 5.56. The quantitative estimate of drug-likeness (QED) is 0.793. The van der Waals surface area contributed by atoms with Crippen molar-refractivity contribution in [1.29, 1.82) is 0 Å². The molecule has 1 aromatic carbocycles. The first-order chi connectivity index (χ1) is 10.0. The summed E-state index contributed by atoms with van der Waals surface area (Å²) in [4.78, 5) is 0. The van der Waals surface area contributed by atoms with Gasteiger partial charge in [-0.2, -0.15) is 0 Å². The van der Waals surface area contributed by atoms with Gasteiger partial charge < -0.3 is 5.32 Å². The Hall–Kier alpha value is -0.960. The molecule has 0 saturated heterocycles. The lowest BCUT2D eigenvalue weighted by molar-refractivity contribution is 0.227. The van der Waals surface area contributed by atoms with Gasteiger partial charge in [-0.3, -0.25) is 0 Å². The number of hydrogen-bond donors (Lipinski definition) is 1. The molecule has 0 spiro atoms. The number of halogens is 2. The van der Waals surface area contributed by atoms with Crippen molar-refractivity contribution in [2.24, 2.45) is 11.8 Å². The highest BCUT2D eigenvalue weighted by Gasteiger charge is 2.29. The second-order valence-electron chi connectivity index (χ2n) is 6.55. The van der Waals surface area contributed by atoms with E-state index in [9.17, 15) is 8.78 Å². The first kappa shape index (κ1) is 16.4. The maximum Gasteiger partial charge on any atom is 0.163 e. The van der Waals surface area contributed by atoms with Gasteiger partial charge in [-0.1, -0.05) is 38.8 Å². The van der Waals surface area contributed by atoms with E-state index in [4.69, 9.17) is 0 Å². The van der Waals surface area contributed by atoms with E-state index in [2.05, 4.69) is 19.2 Å². The van der Waals surface area contributed by atoms with Gasteiger partial charge in [-0.15, -0.1) is 0 Å². The first-order valence-electron chi connectivity index (χ1n) is 8.22. The fourth-order valence-electron chi connectivity index (χ4n) is 3.35. The van der Waals surface area contributed by atoms with Gasteiger partial charge in [0.1, 0.15) is 0 Å². The molecule has 2 rings (SSSR count). The van der Waals surface area contributed by atoms with Gasteiger partial charge in [-0.05, 0) is 50.1 Å². The second-order valence-corrected chi connectivity index (χ2v) is 6.55. The smallest absolute Gasteiger partial charge is 0.163 e. The Labute approximate surface area is 127 Å². The molecule has 1 unspecified atom stereocenters. The minimum atomic E-state index is -0.694. The van der Waals surface area contributed by atoms with E-state index in [1.807, 2.05) is 0 Å². The summed E-state index contributed by atoms with van der Waals surface area (Å²) in [5, 5.41) is 3.45. The predicted octanol–water partition coefficient (Wildman–Crippen LogP) is 5.14. The number of rotatable bonds is 5. The van der Waals surface area contributed by atoms with E-state index in [0.717, 1.165) is 31.7 Å². The summed E-state index contributed by atoms with van der Waals surface area (Å²) in [6.45, 7) is 6.82. The van der Waals surface area contributed by atoms with Crippen molar-refractivity contribution in [2.45, 2.75) is 58.9 Å². The largest absolute Gasteiger partial charge is 0.310 e. The molecule has 1 nitrogen and oxygen atoms in total. The van der Waals surface area contributed by atoms with Crippen molar-refractivity contribution >= 4 is 0 Å². The number of benzene rings is 1. The molecule has 0 aliphatic heterocycles. The van der Waals surface area contributed by atoms with Gasteiger partial charge in [-0.25, -0.2) is 8.78 Å². The lowest BCUT2D eigenvalue weighted by Gasteiger charge is -2.34. The third kappa shape index (κ3) is 3.82. The van der Waals surface area contributed by atoms with Gasteiger partial charge in [0.15, 0.2) is 11.6 Å². The van der Waals surface area contributed by atoms with Crippen LogP contribution in [0.25, 0.3) is 0 Å². The molecule has 0 heterocycles. The summed E-state index contributed by atoms with van der Waals surface area (Å²) >= 11 is 0. The van der Waals surface area contributed by atoms with Crippen molar-refractivity contribution < 1.29 is 8.78 Å². The fourth-order valence-corrected chi connectivity index (χ4v) is 3.35. The highest BCUT2D eigenvalue weighted by molar-refractivity contribution is 5.28. The van der Waals surface area contributed by atoms with Crippen molar-refractivity contribution in [3.8, 4) is 0 Å². The Morgan fingerprint density at radius 3 is 2.43 bits per heavy atom. The summed E-state index contributed by atoms with van der Waals surface area (Å²) in [6, 6.07) is 3.39. The van der Waals surface area contributed by atoms with Crippen LogP contribution in [0.2, 0.25) is 0 Å².